The van der Waals surface area contributed by atoms with Crippen LogP contribution in [-0.2, 0) is 4.79 Å². The molecule has 1 amide bonds. The molecule has 3 nitrogen and oxygen atoms in total. The number of nitrogens with zero attached hydrogens (tertiary/aromatic N) is 1. The lowest BCUT2D eigenvalue weighted by atomic mass is 9.81. The van der Waals surface area contributed by atoms with Gasteiger partial charge in [0, 0.05) is 13.1 Å². The molecule has 0 spiro atoms. The summed E-state index contributed by atoms with van der Waals surface area (Å²) in [4.78, 5) is 14.3. The molecule has 0 heterocycles. The Morgan fingerprint density at radius 1 is 1.31 bits per heavy atom. The molecule has 94 valence electrons. The minimum atomic E-state index is -0.566. The van der Waals surface area contributed by atoms with Gasteiger partial charge >= 0.3 is 0 Å². The van der Waals surface area contributed by atoms with Gasteiger partial charge < -0.3 is 10.6 Å². The minimum absolute atomic E-state index is 0.170. The van der Waals surface area contributed by atoms with E-state index in [1.54, 1.807) is 0 Å². The lowest BCUT2D eigenvalue weighted by Gasteiger charge is -2.37. The number of nitrogens with two attached hydrogens (primary N) is 1. The molecule has 0 bridgehead atoms. The first-order chi connectivity index (χ1) is 7.49. The normalized spacial score (nSPS) is 19.8. The molecular weight excluding hydrogens is 200 g/mol. The summed E-state index contributed by atoms with van der Waals surface area (Å²) in [7, 11) is 0. The first kappa shape index (κ1) is 13.5. The Kier molecular flexibility index (Phi) is 4.78. The molecule has 0 aromatic rings. The van der Waals surface area contributed by atoms with Gasteiger partial charge in [-0.15, -0.1) is 0 Å². The molecule has 1 rings (SSSR count). The van der Waals surface area contributed by atoms with Crippen molar-refractivity contribution in [3.63, 3.8) is 0 Å². The van der Waals surface area contributed by atoms with Crippen molar-refractivity contribution >= 4 is 5.91 Å². The highest BCUT2D eigenvalue weighted by atomic mass is 16.2. The summed E-state index contributed by atoms with van der Waals surface area (Å²) >= 11 is 0. The van der Waals surface area contributed by atoms with E-state index in [2.05, 4.69) is 13.8 Å². The van der Waals surface area contributed by atoms with Gasteiger partial charge in [-0.25, -0.2) is 0 Å². The predicted molar refractivity (Wildman–Crippen MR) is 67.1 cm³/mol. The molecule has 16 heavy (non-hydrogen) atoms. The summed E-state index contributed by atoms with van der Waals surface area (Å²) in [6, 6.07) is 0. The topological polar surface area (TPSA) is 46.3 Å². The van der Waals surface area contributed by atoms with Gasteiger partial charge in [-0.05, 0) is 25.7 Å². The summed E-state index contributed by atoms with van der Waals surface area (Å²) in [5, 5.41) is 0. The highest BCUT2D eigenvalue weighted by Gasteiger charge is 2.37. The third kappa shape index (κ3) is 3.21. The Morgan fingerprint density at radius 3 is 2.31 bits per heavy atom. The van der Waals surface area contributed by atoms with Gasteiger partial charge in [-0.2, -0.15) is 0 Å². The van der Waals surface area contributed by atoms with Gasteiger partial charge in [0.15, 0.2) is 0 Å². The lowest BCUT2D eigenvalue weighted by Crippen LogP contribution is -2.56. The van der Waals surface area contributed by atoms with Crippen LogP contribution >= 0.6 is 0 Å². The van der Waals surface area contributed by atoms with Gasteiger partial charge in [-0.3, -0.25) is 4.79 Å². The first-order valence-corrected chi connectivity index (χ1v) is 6.58. The Balaban J connectivity index is 2.65. The number of carbonyl (C=O) groups is 1. The van der Waals surface area contributed by atoms with Crippen LogP contribution in [-0.4, -0.2) is 29.4 Å². The van der Waals surface area contributed by atoms with Crippen LogP contribution in [0.3, 0.4) is 0 Å². The maximum atomic E-state index is 12.4. The maximum absolute atomic E-state index is 12.4. The van der Waals surface area contributed by atoms with Gasteiger partial charge in [0.2, 0.25) is 5.91 Å². The Labute approximate surface area is 99.4 Å². The van der Waals surface area contributed by atoms with Crippen LogP contribution in [0.5, 0.6) is 0 Å². The summed E-state index contributed by atoms with van der Waals surface area (Å²) in [6.07, 6.45) is 5.15. The van der Waals surface area contributed by atoms with Gasteiger partial charge in [0.1, 0.15) is 0 Å². The van der Waals surface area contributed by atoms with Crippen LogP contribution in [0, 0.1) is 5.92 Å². The fourth-order valence-electron chi connectivity index (χ4n) is 2.51. The molecule has 0 atom stereocenters. The summed E-state index contributed by atoms with van der Waals surface area (Å²) in [5.41, 5.74) is 5.70. The zero-order chi connectivity index (χ0) is 12.2. The maximum Gasteiger partial charge on any atom is 0.242 e. The highest BCUT2D eigenvalue weighted by molar-refractivity contribution is 5.86. The SMILES string of the molecule is CCN(CC(C)C)C(=O)C1(N)CCCCC1. The van der Waals surface area contributed by atoms with E-state index in [0.717, 1.165) is 38.8 Å². The average Bonchev–Trinajstić information content (AvgIpc) is 2.25. The summed E-state index contributed by atoms with van der Waals surface area (Å²) in [5.74, 6) is 0.680. The Hall–Kier alpha value is -0.570. The molecular formula is C13H26N2O. The monoisotopic (exact) mass is 226 g/mol. The molecule has 1 aliphatic rings. The second kappa shape index (κ2) is 5.67. The number of likely N-dealkylation sites (N-methyl/N-ethyl adjacent to an activating group) is 1. The van der Waals surface area contributed by atoms with Crippen molar-refractivity contribution in [1.29, 1.82) is 0 Å². The van der Waals surface area contributed by atoms with E-state index in [0.29, 0.717) is 5.92 Å². The lowest BCUT2D eigenvalue weighted by molar-refractivity contribution is -0.138. The predicted octanol–water partition coefficient (Wildman–Crippen LogP) is 2.15. The third-order valence-electron chi connectivity index (χ3n) is 3.43. The van der Waals surface area contributed by atoms with Crippen LogP contribution < -0.4 is 5.73 Å². The van der Waals surface area contributed by atoms with Crippen LogP contribution in [0.25, 0.3) is 0 Å². The first-order valence-electron chi connectivity index (χ1n) is 6.58. The molecule has 0 aromatic carbocycles. The number of hydrogen-bond acceptors (Lipinski definition) is 2. The minimum Gasteiger partial charge on any atom is -0.341 e. The summed E-state index contributed by atoms with van der Waals surface area (Å²) in [6.45, 7) is 7.91. The molecule has 1 saturated carbocycles. The van der Waals surface area contributed by atoms with Crippen LogP contribution in [0.1, 0.15) is 52.9 Å². The van der Waals surface area contributed by atoms with Crippen molar-refractivity contribution in [3.8, 4) is 0 Å². The molecule has 0 saturated heterocycles. The van der Waals surface area contributed by atoms with E-state index in [1.807, 2.05) is 11.8 Å². The van der Waals surface area contributed by atoms with Crippen molar-refractivity contribution in [2.24, 2.45) is 11.7 Å². The van der Waals surface area contributed by atoms with Crippen LogP contribution in [0.4, 0.5) is 0 Å². The quantitative estimate of drug-likeness (QED) is 0.798. The summed E-state index contributed by atoms with van der Waals surface area (Å²) < 4.78 is 0. The molecule has 1 fully saturated rings. The van der Waals surface area contributed by atoms with Gasteiger partial charge in [0.25, 0.3) is 0 Å². The van der Waals surface area contributed by atoms with Crippen molar-refractivity contribution in [1.82, 2.24) is 4.90 Å². The Morgan fingerprint density at radius 2 is 1.88 bits per heavy atom. The molecule has 2 N–H and O–H groups in total. The zero-order valence-electron chi connectivity index (χ0n) is 11.0. The van der Waals surface area contributed by atoms with Crippen molar-refractivity contribution < 1.29 is 4.79 Å². The number of carbonyl (C=O) groups excluding carboxylic acids is 1. The average molecular weight is 226 g/mol. The van der Waals surface area contributed by atoms with E-state index in [4.69, 9.17) is 5.73 Å². The van der Waals surface area contributed by atoms with E-state index < -0.39 is 5.54 Å². The highest BCUT2D eigenvalue weighted by Crippen LogP contribution is 2.27. The Bertz CT molecular complexity index is 232. The third-order valence-corrected chi connectivity index (χ3v) is 3.43. The molecule has 0 unspecified atom stereocenters. The van der Waals surface area contributed by atoms with E-state index in [9.17, 15) is 4.79 Å². The van der Waals surface area contributed by atoms with Crippen LogP contribution in [0.2, 0.25) is 0 Å². The fourth-order valence-corrected chi connectivity index (χ4v) is 2.51. The van der Waals surface area contributed by atoms with Crippen molar-refractivity contribution in [3.05, 3.63) is 0 Å². The molecule has 0 aromatic heterocycles. The second-order valence-electron chi connectivity index (χ2n) is 5.45. The van der Waals surface area contributed by atoms with Gasteiger partial charge in [0.05, 0.1) is 5.54 Å². The molecule has 1 aliphatic carbocycles. The largest absolute Gasteiger partial charge is 0.341 e. The van der Waals surface area contributed by atoms with E-state index >= 15 is 0 Å². The van der Waals surface area contributed by atoms with E-state index in [1.165, 1.54) is 6.42 Å². The number of hydrogen-bond donors (Lipinski definition) is 1. The smallest absolute Gasteiger partial charge is 0.242 e. The molecule has 0 radical (unpaired) electrons. The van der Waals surface area contributed by atoms with Crippen molar-refractivity contribution in [2.45, 2.75) is 58.4 Å². The van der Waals surface area contributed by atoms with Crippen LogP contribution in [0.15, 0.2) is 0 Å². The molecule has 0 aliphatic heterocycles. The standard InChI is InChI=1S/C13H26N2O/c1-4-15(10-11(2)3)12(16)13(14)8-6-5-7-9-13/h11H,4-10,14H2,1-3H3. The van der Waals surface area contributed by atoms with E-state index in [-0.39, 0.29) is 5.91 Å². The second-order valence-corrected chi connectivity index (χ2v) is 5.45. The van der Waals surface area contributed by atoms with Gasteiger partial charge in [-0.1, -0.05) is 33.1 Å². The van der Waals surface area contributed by atoms with Crippen molar-refractivity contribution in [2.75, 3.05) is 13.1 Å². The fraction of sp³-hybridized carbons (Fsp3) is 0.923. The number of rotatable bonds is 4. The number of amides is 1. The molecule has 3 heteroatoms. The zero-order valence-corrected chi connectivity index (χ0v) is 11.0.